The molecule has 0 amide bonds. The van der Waals surface area contributed by atoms with Crippen molar-refractivity contribution in [3.63, 3.8) is 0 Å². The molecule has 0 unspecified atom stereocenters. The molecule has 0 aliphatic rings. The summed E-state index contributed by atoms with van der Waals surface area (Å²) in [7, 11) is 3.00. The number of hydrogen-bond acceptors (Lipinski definition) is 5. The van der Waals surface area contributed by atoms with Gasteiger partial charge in [0.1, 0.15) is 10.8 Å². The summed E-state index contributed by atoms with van der Waals surface area (Å²) in [5.41, 5.74) is 4.17. The Labute approximate surface area is 159 Å². The Morgan fingerprint density at radius 3 is 2.74 bits per heavy atom. The fourth-order valence-corrected chi connectivity index (χ4v) is 3.33. The molecule has 5 nitrogen and oxygen atoms in total. The summed E-state index contributed by atoms with van der Waals surface area (Å²) in [6.45, 7) is 2.34. The van der Waals surface area contributed by atoms with Gasteiger partial charge in [-0.25, -0.2) is 9.37 Å². The van der Waals surface area contributed by atoms with Gasteiger partial charge in [-0.1, -0.05) is 11.6 Å². The molecule has 0 N–H and O–H groups in total. The van der Waals surface area contributed by atoms with E-state index >= 15 is 0 Å². The average Bonchev–Trinajstić information content (AvgIpc) is 3.08. The van der Waals surface area contributed by atoms with Gasteiger partial charge >= 0.3 is 0 Å². The number of fused-ring (bicyclic) bond motifs is 2. The lowest BCUT2D eigenvalue weighted by molar-refractivity contribution is 0.181. The maximum atomic E-state index is 14.2. The molecule has 138 valence electrons. The molecule has 0 saturated carbocycles. The number of aryl methyl sites for hydroxylation is 1. The van der Waals surface area contributed by atoms with Crippen LogP contribution in [0.4, 0.5) is 4.39 Å². The van der Waals surface area contributed by atoms with E-state index < -0.39 is 5.82 Å². The van der Waals surface area contributed by atoms with Crippen molar-refractivity contribution in [2.24, 2.45) is 0 Å². The van der Waals surface area contributed by atoms with Crippen LogP contribution in [0.15, 0.2) is 34.9 Å². The summed E-state index contributed by atoms with van der Waals surface area (Å²) in [5, 5.41) is 0.535. The molecule has 27 heavy (non-hydrogen) atoms. The Balaban J connectivity index is 1.95. The minimum atomic E-state index is -0.648. The van der Waals surface area contributed by atoms with E-state index in [1.807, 2.05) is 19.1 Å². The van der Waals surface area contributed by atoms with Crippen molar-refractivity contribution in [2.75, 3.05) is 14.2 Å². The molecule has 2 aromatic carbocycles. The molecule has 0 fully saturated rings. The standard InChI is InChI=1S/C20H16ClFN2O3/c1-10-4-13(19-14(5-10)24-12(8-23-19)9-25-2)15-6-11-7-16(26-3)18(22)17(21)20(11)27-15/h4-8H,9H2,1-3H3. The fourth-order valence-electron chi connectivity index (χ4n) is 3.09. The Hall–Kier alpha value is -2.70. The van der Waals surface area contributed by atoms with Gasteiger partial charge in [-0.2, -0.15) is 0 Å². The highest BCUT2D eigenvalue weighted by Gasteiger charge is 2.19. The summed E-state index contributed by atoms with van der Waals surface area (Å²) < 4.78 is 30.3. The number of rotatable bonds is 4. The van der Waals surface area contributed by atoms with Crippen molar-refractivity contribution in [3.8, 4) is 17.1 Å². The third-order valence-electron chi connectivity index (χ3n) is 4.27. The van der Waals surface area contributed by atoms with Crippen LogP contribution in [0.3, 0.4) is 0 Å². The second-order valence-corrected chi connectivity index (χ2v) is 6.59. The van der Waals surface area contributed by atoms with Crippen molar-refractivity contribution >= 4 is 33.6 Å². The number of aromatic nitrogens is 2. The first-order chi connectivity index (χ1) is 13.0. The number of ether oxygens (including phenoxy) is 2. The smallest absolute Gasteiger partial charge is 0.187 e. The Kier molecular flexibility index (Phi) is 4.45. The Bertz CT molecular complexity index is 1170. The van der Waals surface area contributed by atoms with Gasteiger partial charge in [-0.15, -0.1) is 0 Å². The molecule has 2 heterocycles. The van der Waals surface area contributed by atoms with Gasteiger partial charge < -0.3 is 13.9 Å². The van der Waals surface area contributed by atoms with Gasteiger partial charge in [0.25, 0.3) is 0 Å². The van der Waals surface area contributed by atoms with Gasteiger partial charge in [-0.3, -0.25) is 4.98 Å². The number of nitrogens with zero attached hydrogens (tertiary/aromatic N) is 2. The number of furan rings is 1. The lowest BCUT2D eigenvalue weighted by Gasteiger charge is -2.07. The summed E-state index contributed by atoms with van der Waals surface area (Å²) in [6, 6.07) is 7.25. The lowest BCUT2D eigenvalue weighted by Crippen LogP contribution is -1.96. The van der Waals surface area contributed by atoms with Crippen molar-refractivity contribution in [1.82, 2.24) is 9.97 Å². The average molecular weight is 387 g/mol. The van der Waals surface area contributed by atoms with E-state index in [-0.39, 0.29) is 16.4 Å². The summed E-state index contributed by atoms with van der Waals surface area (Å²) in [6.07, 6.45) is 1.67. The predicted molar refractivity (Wildman–Crippen MR) is 102 cm³/mol. The zero-order chi connectivity index (χ0) is 19.1. The highest BCUT2D eigenvalue weighted by molar-refractivity contribution is 6.35. The molecule has 7 heteroatoms. The van der Waals surface area contributed by atoms with Crippen molar-refractivity contribution in [1.29, 1.82) is 0 Å². The van der Waals surface area contributed by atoms with Crippen LogP contribution in [0.5, 0.6) is 5.75 Å². The van der Waals surface area contributed by atoms with Gasteiger partial charge in [0, 0.05) is 18.1 Å². The van der Waals surface area contributed by atoms with E-state index in [0.29, 0.717) is 23.3 Å². The lowest BCUT2D eigenvalue weighted by atomic mass is 10.1. The van der Waals surface area contributed by atoms with Crippen LogP contribution in [0.1, 0.15) is 11.3 Å². The van der Waals surface area contributed by atoms with Crippen LogP contribution >= 0.6 is 11.6 Å². The van der Waals surface area contributed by atoms with Gasteiger partial charge in [-0.05, 0) is 36.8 Å². The van der Waals surface area contributed by atoms with Gasteiger partial charge in [0.05, 0.1) is 36.6 Å². The third kappa shape index (κ3) is 3.01. The minimum Gasteiger partial charge on any atom is -0.494 e. The van der Waals surface area contributed by atoms with Crippen LogP contribution in [0, 0.1) is 12.7 Å². The first kappa shape index (κ1) is 17.7. The number of hydrogen-bond donors (Lipinski definition) is 0. The maximum Gasteiger partial charge on any atom is 0.187 e. The predicted octanol–water partition coefficient (Wildman–Crippen LogP) is 5.30. The highest BCUT2D eigenvalue weighted by Crippen LogP contribution is 2.39. The Morgan fingerprint density at radius 2 is 2.00 bits per heavy atom. The molecule has 0 bridgehead atoms. The molecular formula is C20H16ClFN2O3. The van der Waals surface area contributed by atoms with Gasteiger partial charge in [0.2, 0.25) is 0 Å². The van der Waals surface area contributed by atoms with E-state index in [2.05, 4.69) is 9.97 Å². The van der Waals surface area contributed by atoms with Crippen LogP contribution in [-0.2, 0) is 11.3 Å². The molecule has 4 aromatic rings. The van der Waals surface area contributed by atoms with E-state index in [0.717, 1.165) is 22.3 Å². The van der Waals surface area contributed by atoms with Gasteiger partial charge in [0.15, 0.2) is 17.1 Å². The zero-order valence-electron chi connectivity index (χ0n) is 15.0. The van der Waals surface area contributed by atoms with Crippen LogP contribution in [0.25, 0.3) is 33.3 Å². The van der Waals surface area contributed by atoms with Crippen LogP contribution in [0.2, 0.25) is 5.02 Å². The third-order valence-corrected chi connectivity index (χ3v) is 4.61. The van der Waals surface area contributed by atoms with E-state index in [4.69, 9.17) is 25.5 Å². The van der Waals surface area contributed by atoms with E-state index in [1.54, 1.807) is 25.4 Å². The quantitative estimate of drug-likeness (QED) is 0.476. The molecule has 0 spiro atoms. The zero-order valence-corrected chi connectivity index (χ0v) is 15.7. The van der Waals surface area contributed by atoms with Crippen molar-refractivity contribution < 1.29 is 18.3 Å². The summed E-state index contributed by atoms with van der Waals surface area (Å²) in [5.74, 6) is -0.0503. The molecule has 2 aromatic heterocycles. The minimum absolute atomic E-state index is 0.0675. The highest BCUT2D eigenvalue weighted by atomic mass is 35.5. The number of benzene rings is 2. The normalized spacial score (nSPS) is 11.4. The van der Waals surface area contributed by atoms with Crippen molar-refractivity contribution in [2.45, 2.75) is 13.5 Å². The first-order valence-electron chi connectivity index (χ1n) is 8.23. The molecular weight excluding hydrogens is 371 g/mol. The first-order valence-corrected chi connectivity index (χ1v) is 8.60. The summed E-state index contributed by atoms with van der Waals surface area (Å²) in [4.78, 5) is 9.12. The largest absolute Gasteiger partial charge is 0.494 e. The van der Waals surface area contributed by atoms with Crippen LogP contribution < -0.4 is 4.74 Å². The second kappa shape index (κ2) is 6.79. The fraction of sp³-hybridized carbons (Fsp3) is 0.200. The number of halogens is 2. The van der Waals surface area contributed by atoms with Crippen LogP contribution in [-0.4, -0.2) is 24.2 Å². The second-order valence-electron chi connectivity index (χ2n) is 6.21. The molecule has 0 aliphatic carbocycles. The van der Waals surface area contributed by atoms with E-state index in [9.17, 15) is 4.39 Å². The molecule has 0 radical (unpaired) electrons. The van der Waals surface area contributed by atoms with Crippen molar-refractivity contribution in [3.05, 3.63) is 52.6 Å². The molecule has 0 aliphatic heterocycles. The topological polar surface area (TPSA) is 57.4 Å². The Morgan fingerprint density at radius 1 is 1.19 bits per heavy atom. The van der Waals surface area contributed by atoms with E-state index in [1.165, 1.54) is 7.11 Å². The summed E-state index contributed by atoms with van der Waals surface area (Å²) >= 11 is 6.13. The molecule has 0 saturated heterocycles. The SMILES string of the molecule is COCc1cnc2c(-c3cc4cc(OC)c(F)c(Cl)c4o3)cc(C)cc2n1. The maximum absolute atomic E-state index is 14.2. The monoisotopic (exact) mass is 386 g/mol. The molecule has 0 atom stereocenters. The molecule has 4 rings (SSSR count). The number of methoxy groups -OCH3 is 2.